The molecule has 0 saturated carbocycles. The average molecular weight is 421 g/mol. The number of benzene rings is 1. The van der Waals surface area contributed by atoms with Crippen molar-refractivity contribution in [3.63, 3.8) is 0 Å². The van der Waals surface area contributed by atoms with Crippen LogP contribution in [0, 0.1) is 5.82 Å². The highest BCUT2D eigenvalue weighted by molar-refractivity contribution is 7.88. The first-order chi connectivity index (χ1) is 13.8. The summed E-state index contributed by atoms with van der Waals surface area (Å²) in [6.07, 6.45) is 3.54. The number of fused-ring (bicyclic) bond motifs is 1. The summed E-state index contributed by atoms with van der Waals surface area (Å²) < 4.78 is 38.0. The van der Waals surface area contributed by atoms with E-state index in [2.05, 4.69) is 9.88 Å². The van der Waals surface area contributed by atoms with Crippen LogP contribution in [0.3, 0.4) is 0 Å². The van der Waals surface area contributed by atoms with E-state index in [1.165, 1.54) is 16.4 Å². The summed E-state index contributed by atoms with van der Waals surface area (Å²) in [5.41, 5.74) is 1.97. The van der Waals surface area contributed by atoms with Gasteiger partial charge in [-0.25, -0.2) is 17.8 Å². The Bertz CT molecular complexity index is 1050. The molecule has 0 unspecified atom stereocenters. The van der Waals surface area contributed by atoms with Gasteiger partial charge in [-0.2, -0.15) is 4.31 Å². The van der Waals surface area contributed by atoms with E-state index in [4.69, 9.17) is 4.98 Å². The lowest BCUT2D eigenvalue weighted by Gasteiger charge is -2.33. The third kappa shape index (κ3) is 4.57. The van der Waals surface area contributed by atoms with Gasteiger partial charge in [0.1, 0.15) is 11.6 Å². The molecule has 1 atom stereocenters. The maximum Gasteiger partial charge on any atom is 0.255 e. The number of hydrogen-bond donors (Lipinski definition) is 1. The Morgan fingerprint density at radius 2 is 2.00 bits per heavy atom. The molecule has 2 aromatic rings. The predicted molar refractivity (Wildman–Crippen MR) is 107 cm³/mol. The highest BCUT2D eigenvalue weighted by atomic mass is 32.2. The van der Waals surface area contributed by atoms with Crippen molar-refractivity contribution >= 4 is 10.0 Å². The van der Waals surface area contributed by atoms with Gasteiger partial charge in [-0.1, -0.05) is 12.1 Å². The minimum absolute atomic E-state index is 0.0815. The van der Waals surface area contributed by atoms with Crippen LogP contribution in [0.4, 0.5) is 4.39 Å². The lowest BCUT2D eigenvalue weighted by atomic mass is 9.96. The fourth-order valence-electron chi connectivity index (χ4n) is 4.17. The van der Waals surface area contributed by atoms with Gasteiger partial charge in [0.2, 0.25) is 10.0 Å². The van der Waals surface area contributed by atoms with E-state index in [9.17, 15) is 17.6 Å². The summed E-state index contributed by atoms with van der Waals surface area (Å²) in [5.74, 6) is 0.566. The van der Waals surface area contributed by atoms with Gasteiger partial charge in [-0.05, 0) is 37.1 Å². The van der Waals surface area contributed by atoms with Crippen molar-refractivity contribution in [1.29, 1.82) is 0 Å². The molecular weight excluding hydrogens is 395 g/mol. The van der Waals surface area contributed by atoms with E-state index in [1.807, 2.05) is 0 Å². The van der Waals surface area contributed by atoms with Crippen LogP contribution in [-0.4, -0.2) is 53.5 Å². The number of aromatic nitrogens is 2. The number of nitrogens with zero attached hydrogens (tertiary/aromatic N) is 3. The van der Waals surface area contributed by atoms with Gasteiger partial charge in [-0.15, -0.1) is 0 Å². The maximum atomic E-state index is 13.1. The van der Waals surface area contributed by atoms with Crippen LogP contribution in [0.15, 0.2) is 29.1 Å². The zero-order chi connectivity index (χ0) is 20.6. The molecule has 29 heavy (non-hydrogen) atoms. The Morgan fingerprint density at radius 3 is 2.72 bits per heavy atom. The number of sulfonamides is 1. The Hall–Kier alpha value is -2.10. The average Bonchev–Trinajstić information content (AvgIpc) is 2.69. The van der Waals surface area contributed by atoms with Crippen LogP contribution in [0.1, 0.15) is 41.4 Å². The van der Waals surface area contributed by atoms with Crippen molar-refractivity contribution in [2.24, 2.45) is 0 Å². The van der Waals surface area contributed by atoms with Crippen molar-refractivity contribution in [3.8, 4) is 0 Å². The van der Waals surface area contributed by atoms with Crippen LogP contribution < -0.4 is 5.56 Å². The van der Waals surface area contributed by atoms with Gasteiger partial charge in [0.05, 0.1) is 17.5 Å². The number of halogens is 1. The molecule has 156 valence electrons. The van der Waals surface area contributed by atoms with E-state index in [1.54, 1.807) is 12.1 Å². The minimum atomic E-state index is -3.33. The molecule has 1 N–H and O–H groups in total. The molecule has 0 radical (unpaired) electrons. The number of H-pyrrole nitrogens is 1. The number of likely N-dealkylation sites (tertiary alicyclic amines) is 1. The second-order valence-corrected chi connectivity index (χ2v) is 9.91. The largest absolute Gasteiger partial charge is 0.310 e. The second-order valence-electron chi connectivity index (χ2n) is 7.92. The summed E-state index contributed by atoms with van der Waals surface area (Å²) in [6.45, 7) is 2.89. The van der Waals surface area contributed by atoms with Crippen LogP contribution in [0.25, 0.3) is 0 Å². The van der Waals surface area contributed by atoms with Gasteiger partial charge in [0.25, 0.3) is 5.56 Å². The number of hydrogen-bond acceptors (Lipinski definition) is 5. The van der Waals surface area contributed by atoms with Crippen LogP contribution in [0.2, 0.25) is 0 Å². The Kier molecular flexibility index (Phi) is 5.54. The fourth-order valence-corrected chi connectivity index (χ4v) is 4.95. The quantitative estimate of drug-likeness (QED) is 0.812. The Balaban J connectivity index is 1.50. The predicted octanol–water partition coefficient (Wildman–Crippen LogP) is 1.61. The van der Waals surface area contributed by atoms with Crippen LogP contribution >= 0.6 is 0 Å². The third-order valence-electron chi connectivity index (χ3n) is 5.73. The van der Waals surface area contributed by atoms with E-state index < -0.39 is 10.0 Å². The Morgan fingerprint density at radius 1 is 1.24 bits per heavy atom. The molecule has 7 nitrogen and oxygen atoms in total. The van der Waals surface area contributed by atoms with Crippen LogP contribution in [-0.2, 0) is 29.5 Å². The highest BCUT2D eigenvalue weighted by Crippen LogP contribution is 2.26. The molecule has 1 aromatic heterocycles. The molecule has 0 aliphatic carbocycles. The molecule has 1 aromatic carbocycles. The van der Waals surface area contributed by atoms with Crippen molar-refractivity contribution in [1.82, 2.24) is 19.2 Å². The van der Waals surface area contributed by atoms with Crippen molar-refractivity contribution < 1.29 is 12.8 Å². The third-order valence-corrected chi connectivity index (χ3v) is 6.98. The fraction of sp³-hybridized carbons (Fsp3) is 0.500. The van der Waals surface area contributed by atoms with Gasteiger partial charge in [0, 0.05) is 38.5 Å². The van der Waals surface area contributed by atoms with Crippen molar-refractivity contribution in [2.75, 3.05) is 25.9 Å². The summed E-state index contributed by atoms with van der Waals surface area (Å²) >= 11 is 0. The number of nitrogens with one attached hydrogen (secondary N) is 1. The van der Waals surface area contributed by atoms with E-state index in [0.29, 0.717) is 30.0 Å². The smallest absolute Gasteiger partial charge is 0.255 e. The zero-order valence-corrected chi connectivity index (χ0v) is 17.2. The van der Waals surface area contributed by atoms with Crippen molar-refractivity contribution in [2.45, 2.75) is 38.3 Å². The molecule has 0 bridgehead atoms. The molecule has 1 saturated heterocycles. The number of piperidine rings is 1. The molecule has 0 amide bonds. The first-order valence-corrected chi connectivity index (χ1v) is 11.7. The molecule has 0 spiro atoms. The molecule has 2 aliphatic heterocycles. The monoisotopic (exact) mass is 420 g/mol. The Labute approximate surface area is 169 Å². The summed E-state index contributed by atoms with van der Waals surface area (Å²) in [7, 11) is -3.33. The van der Waals surface area contributed by atoms with Gasteiger partial charge < -0.3 is 4.98 Å². The topological polar surface area (TPSA) is 86.4 Å². The molecule has 4 rings (SSSR count). The van der Waals surface area contributed by atoms with Gasteiger partial charge in [0.15, 0.2) is 0 Å². The SMILES string of the molecule is CS(=O)(=O)N1CCc2nc([C@@H]3CCCN(Cc4ccc(F)cc4)C3)[nH]c(=O)c2C1. The normalized spacial score (nSPS) is 21.1. The lowest BCUT2D eigenvalue weighted by molar-refractivity contribution is 0.196. The molecular formula is C20H25FN4O3S. The first-order valence-electron chi connectivity index (χ1n) is 9.83. The number of rotatable bonds is 4. The second kappa shape index (κ2) is 7.97. The maximum absolute atomic E-state index is 13.1. The molecule has 9 heteroatoms. The number of aromatic amines is 1. The summed E-state index contributed by atoms with van der Waals surface area (Å²) in [5, 5.41) is 0. The van der Waals surface area contributed by atoms with E-state index in [0.717, 1.165) is 44.3 Å². The molecule has 1 fully saturated rings. The minimum Gasteiger partial charge on any atom is -0.310 e. The van der Waals surface area contributed by atoms with Gasteiger partial charge in [-0.3, -0.25) is 9.69 Å². The highest BCUT2D eigenvalue weighted by Gasteiger charge is 2.29. The van der Waals surface area contributed by atoms with Gasteiger partial charge >= 0.3 is 0 Å². The first kappa shape index (κ1) is 20.2. The van der Waals surface area contributed by atoms with Crippen molar-refractivity contribution in [3.05, 3.63) is 63.1 Å². The lowest BCUT2D eigenvalue weighted by Crippen LogP contribution is -2.40. The van der Waals surface area contributed by atoms with E-state index in [-0.39, 0.29) is 23.8 Å². The van der Waals surface area contributed by atoms with E-state index >= 15 is 0 Å². The summed E-state index contributed by atoms with van der Waals surface area (Å²) in [6, 6.07) is 6.54. The molecule has 2 aliphatic rings. The van der Waals surface area contributed by atoms with Crippen LogP contribution in [0.5, 0.6) is 0 Å². The zero-order valence-electron chi connectivity index (χ0n) is 16.4. The standard InChI is InChI=1S/C20H25FN4O3S/c1-29(27,28)25-10-8-18-17(13-25)20(26)23-19(22-18)15-3-2-9-24(12-15)11-14-4-6-16(21)7-5-14/h4-7,15H,2-3,8-13H2,1H3,(H,22,23,26)/t15-/m1/s1. The molecule has 3 heterocycles. The summed E-state index contributed by atoms with van der Waals surface area (Å²) in [4.78, 5) is 22.6.